The van der Waals surface area contributed by atoms with Crippen LogP contribution in [0.3, 0.4) is 0 Å². The highest BCUT2D eigenvalue weighted by molar-refractivity contribution is 5.35. The number of rotatable bonds is 6. The summed E-state index contributed by atoms with van der Waals surface area (Å²) >= 11 is 0. The average Bonchev–Trinajstić information content (AvgIpc) is 2.25. The molecule has 0 N–H and O–H groups in total. The average molecular weight is 209 g/mol. The van der Waals surface area contributed by atoms with E-state index in [1.807, 2.05) is 0 Å². The van der Waals surface area contributed by atoms with Gasteiger partial charge < -0.3 is 4.74 Å². The second-order valence-corrected chi connectivity index (χ2v) is 3.31. The van der Waals surface area contributed by atoms with Gasteiger partial charge in [-0.1, -0.05) is 19.8 Å². The number of nitrogens with zero attached hydrogens (tertiary/aromatic N) is 1. The normalized spacial score (nSPS) is 9.93. The van der Waals surface area contributed by atoms with E-state index in [-0.39, 0.29) is 5.69 Å². The van der Waals surface area contributed by atoms with Crippen LogP contribution in [0.2, 0.25) is 0 Å². The van der Waals surface area contributed by atoms with Crippen LogP contribution >= 0.6 is 0 Å². The Balaban J connectivity index is 2.39. The first kappa shape index (κ1) is 11.5. The largest absolute Gasteiger partial charge is 0.494 e. The predicted molar refractivity (Wildman–Crippen MR) is 58.1 cm³/mol. The highest BCUT2D eigenvalue weighted by Gasteiger charge is 2.03. The summed E-state index contributed by atoms with van der Waals surface area (Å²) in [6.45, 7) is 2.80. The van der Waals surface area contributed by atoms with Crippen molar-refractivity contribution in [2.75, 3.05) is 6.61 Å². The number of benzene rings is 1. The monoisotopic (exact) mass is 209 g/mol. The number of hydrogen-bond acceptors (Lipinski definition) is 3. The lowest BCUT2D eigenvalue weighted by Crippen LogP contribution is -1.97. The second-order valence-electron chi connectivity index (χ2n) is 3.31. The molecule has 0 aromatic heterocycles. The number of unbranched alkanes of at least 4 members (excludes halogenated alkanes) is 2. The Hall–Kier alpha value is -1.58. The predicted octanol–water partition coefficient (Wildman–Crippen LogP) is 3.16. The summed E-state index contributed by atoms with van der Waals surface area (Å²) in [6, 6.07) is 6.17. The van der Waals surface area contributed by atoms with Gasteiger partial charge in [-0.2, -0.15) is 0 Å². The first-order valence-electron chi connectivity index (χ1n) is 5.11. The van der Waals surface area contributed by atoms with Crippen LogP contribution in [-0.2, 0) is 0 Å². The van der Waals surface area contributed by atoms with Gasteiger partial charge in [0.15, 0.2) is 0 Å². The van der Waals surface area contributed by atoms with Crippen molar-refractivity contribution in [3.63, 3.8) is 0 Å². The number of ether oxygens (including phenoxy) is 1. The Morgan fingerprint density at radius 3 is 2.47 bits per heavy atom. The van der Waals surface area contributed by atoms with Crippen LogP contribution in [-0.4, -0.2) is 11.5 Å². The van der Waals surface area contributed by atoms with Gasteiger partial charge in [0.25, 0.3) is 5.69 Å². The van der Waals surface area contributed by atoms with Crippen LogP contribution in [0.5, 0.6) is 5.75 Å². The van der Waals surface area contributed by atoms with Crippen molar-refractivity contribution in [2.24, 2.45) is 0 Å². The Labute approximate surface area is 89.0 Å². The summed E-state index contributed by atoms with van der Waals surface area (Å²) in [7, 11) is 0. The molecular weight excluding hydrogens is 194 g/mol. The van der Waals surface area contributed by atoms with E-state index < -0.39 is 4.92 Å². The smallest absolute Gasteiger partial charge is 0.269 e. The lowest BCUT2D eigenvalue weighted by atomic mass is 10.2. The second kappa shape index (κ2) is 6.01. The standard InChI is InChI=1S/C11H15NO3/c1-2-3-4-9-15-11-7-5-10(6-8-11)12(13)14/h5-8H,2-4,9H2,1H3. The highest BCUT2D eigenvalue weighted by Crippen LogP contribution is 2.17. The zero-order chi connectivity index (χ0) is 11.1. The van der Waals surface area contributed by atoms with E-state index in [0.717, 1.165) is 19.3 Å². The molecule has 15 heavy (non-hydrogen) atoms. The Morgan fingerprint density at radius 2 is 1.93 bits per heavy atom. The molecule has 0 amide bonds. The fraction of sp³-hybridized carbons (Fsp3) is 0.455. The molecule has 1 aromatic carbocycles. The molecule has 0 aliphatic carbocycles. The van der Waals surface area contributed by atoms with Gasteiger partial charge in [0.1, 0.15) is 5.75 Å². The molecule has 4 nitrogen and oxygen atoms in total. The van der Waals surface area contributed by atoms with E-state index in [9.17, 15) is 10.1 Å². The van der Waals surface area contributed by atoms with Crippen molar-refractivity contribution in [1.82, 2.24) is 0 Å². The molecule has 82 valence electrons. The van der Waals surface area contributed by atoms with Crippen molar-refractivity contribution in [2.45, 2.75) is 26.2 Å². The maximum Gasteiger partial charge on any atom is 0.269 e. The number of hydrogen-bond donors (Lipinski definition) is 0. The SMILES string of the molecule is CCCCCOc1ccc([N+](=O)[O-])cc1. The third kappa shape index (κ3) is 3.97. The minimum Gasteiger partial charge on any atom is -0.494 e. The maximum absolute atomic E-state index is 10.4. The van der Waals surface area contributed by atoms with Gasteiger partial charge in [0.05, 0.1) is 11.5 Å². The first-order valence-corrected chi connectivity index (χ1v) is 5.11. The topological polar surface area (TPSA) is 52.4 Å². The van der Waals surface area contributed by atoms with Crippen molar-refractivity contribution in [1.29, 1.82) is 0 Å². The molecule has 0 heterocycles. The summed E-state index contributed by atoms with van der Waals surface area (Å²) in [4.78, 5) is 9.96. The van der Waals surface area contributed by atoms with Gasteiger partial charge in [-0.05, 0) is 18.6 Å². The summed E-state index contributed by atoms with van der Waals surface area (Å²) in [5, 5.41) is 10.4. The third-order valence-electron chi connectivity index (χ3n) is 2.06. The van der Waals surface area contributed by atoms with E-state index >= 15 is 0 Å². The van der Waals surface area contributed by atoms with Gasteiger partial charge in [0.2, 0.25) is 0 Å². The molecule has 0 spiro atoms. The molecule has 0 bridgehead atoms. The minimum atomic E-state index is -0.416. The van der Waals surface area contributed by atoms with Gasteiger partial charge in [-0.3, -0.25) is 10.1 Å². The molecule has 0 saturated carbocycles. The molecule has 4 heteroatoms. The fourth-order valence-electron chi connectivity index (χ4n) is 1.21. The van der Waals surface area contributed by atoms with Gasteiger partial charge in [-0.15, -0.1) is 0 Å². The van der Waals surface area contributed by atoms with E-state index in [4.69, 9.17) is 4.74 Å². The summed E-state index contributed by atoms with van der Waals surface area (Å²) in [6.07, 6.45) is 3.32. The van der Waals surface area contributed by atoms with E-state index in [1.165, 1.54) is 12.1 Å². The zero-order valence-electron chi connectivity index (χ0n) is 8.81. The molecule has 0 aliphatic rings. The number of nitro benzene ring substituents is 1. The molecule has 0 saturated heterocycles. The van der Waals surface area contributed by atoms with Crippen molar-refractivity contribution in [3.8, 4) is 5.75 Å². The number of nitro groups is 1. The zero-order valence-corrected chi connectivity index (χ0v) is 8.81. The van der Waals surface area contributed by atoms with Crippen molar-refractivity contribution in [3.05, 3.63) is 34.4 Å². The minimum absolute atomic E-state index is 0.0934. The van der Waals surface area contributed by atoms with Crippen LogP contribution in [0.1, 0.15) is 26.2 Å². The van der Waals surface area contributed by atoms with E-state index in [1.54, 1.807) is 12.1 Å². The quantitative estimate of drug-likeness (QED) is 0.411. The molecule has 0 atom stereocenters. The van der Waals surface area contributed by atoms with E-state index in [0.29, 0.717) is 12.4 Å². The van der Waals surface area contributed by atoms with Gasteiger partial charge >= 0.3 is 0 Å². The number of non-ortho nitro benzene ring substituents is 1. The van der Waals surface area contributed by atoms with Gasteiger partial charge in [-0.25, -0.2) is 0 Å². The summed E-state index contributed by atoms with van der Waals surface area (Å²) < 4.78 is 5.42. The molecule has 0 radical (unpaired) electrons. The highest BCUT2D eigenvalue weighted by atomic mass is 16.6. The molecular formula is C11H15NO3. The van der Waals surface area contributed by atoms with Crippen molar-refractivity contribution < 1.29 is 9.66 Å². The lowest BCUT2D eigenvalue weighted by molar-refractivity contribution is -0.384. The van der Waals surface area contributed by atoms with Crippen molar-refractivity contribution >= 4 is 5.69 Å². The Morgan fingerprint density at radius 1 is 1.27 bits per heavy atom. The first-order chi connectivity index (χ1) is 7.24. The molecule has 0 aliphatic heterocycles. The molecule has 0 unspecified atom stereocenters. The Kier molecular flexibility index (Phi) is 4.60. The van der Waals surface area contributed by atoms with Crippen LogP contribution in [0.15, 0.2) is 24.3 Å². The Bertz CT molecular complexity index is 308. The van der Waals surface area contributed by atoms with Crippen LogP contribution in [0.4, 0.5) is 5.69 Å². The third-order valence-corrected chi connectivity index (χ3v) is 2.06. The van der Waals surface area contributed by atoms with Crippen LogP contribution in [0.25, 0.3) is 0 Å². The van der Waals surface area contributed by atoms with Crippen LogP contribution < -0.4 is 4.74 Å². The summed E-state index contributed by atoms with van der Waals surface area (Å²) in [5.74, 6) is 0.691. The van der Waals surface area contributed by atoms with E-state index in [2.05, 4.69) is 6.92 Å². The maximum atomic E-state index is 10.4. The summed E-state index contributed by atoms with van der Waals surface area (Å²) in [5.41, 5.74) is 0.0934. The molecule has 1 rings (SSSR count). The van der Waals surface area contributed by atoms with Crippen LogP contribution in [0, 0.1) is 10.1 Å². The molecule has 1 aromatic rings. The van der Waals surface area contributed by atoms with Gasteiger partial charge in [0, 0.05) is 12.1 Å². The molecule has 0 fully saturated rings. The fourth-order valence-corrected chi connectivity index (χ4v) is 1.21. The lowest BCUT2D eigenvalue weighted by Gasteiger charge is -2.04.